The maximum absolute atomic E-state index is 12.8. The number of halogens is 1. The first kappa shape index (κ1) is 19.2. The maximum Gasteiger partial charge on any atom is 0.230 e. The number of carbonyl (C=O) groups is 2. The lowest BCUT2D eigenvalue weighted by molar-refractivity contribution is -0.122. The van der Waals surface area contributed by atoms with E-state index in [4.69, 9.17) is 11.6 Å². The first-order valence-corrected chi connectivity index (χ1v) is 9.81. The van der Waals surface area contributed by atoms with E-state index in [1.165, 1.54) is 0 Å². The van der Waals surface area contributed by atoms with Gasteiger partial charge in [-0.3, -0.25) is 9.59 Å². The van der Waals surface area contributed by atoms with E-state index in [0.29, 0.717) is 23.9 Å². The van der Waals surface area contributed by atoms with Gasteiger partial charge in [0.2, 0.25) is 11.8 Å². The highest BCUT2D eigenvalue weighted by atomic mass is 35.5. The third-order valence-electron chi connectivity index (χ3n) is 5.05. The zero-order valence-electron chi connectivity index (χ0n) is 16.0. The Morgan fingerprint density at radius 1 is 1.14 bits per heavy atom. The number of anilines is 2. The SMILES string of the molecule is Cc1ccc(N2C[C@@H](C(=O)Nc3ccnn3Cc3ccc(Cl)cc3)CC2=O)cc1. The van der Waals surface area contributed by atoms with Crippen LogP contribution in [0.5, 0.6) is 0 Å². The van der Waals surface area contributed by atoms with Gasteiger partial charge in [-0.05, 0) is 36.8 Å². The van der Waals surface area contributed by atoms with Crippen molar-refractivity contribution >= 4 is 34.9 Å². The molecule has 1 N–H and O–H groups in total. The number of benzene rings is 2. The van der Waals surface area contributed by atoms with Gasteiger partial charge >= 0.3 is 0 Å². The Morgan fingerprint density at radius 3 is 2.59 bits per heavy atom. The lowest BCUT2D eigenvalue weighted by Crippen LogP contribution is -2.28. The molecule has 4 rings (SSSR count). The molecule has 3 aromatic rings. The number of aryl methyl sites for hydroxylation is 1. The second kappa shape index (κ2) is 8.09. The number of rotatable bonds is 5. The molecule has 2 aromatic carbocycles. The van der Waals surface area contributed by atoms with Crippen LogP contribution in [0.25, 0.3) is 0 Å². The van der Waals surface area contributed by atoms with Gasteiger partial charge in [-0.25, -0.2) is 4.68 Å². The zero-order chi connectivity index (χ0) is 20.4. The van der Waals surface area contributed by atoms with E-state index in [-0.39, 0.29) is 18.2 Å². The third-order valence-corrected chi connectivity index (χ3v) is 5.31. The molecule has 0 bridgehead atoms. The summed E-state index contributed by atoms with van der Waals surface area (Å²) in [5, 5.41) is 7.89. The Kier molecular flexibility index (Phi) is 5.36. The Bertz CT molecular complexity index is 1030. The molecule has 29 heavy (non-hydrogen) atoms. The van der Waals surface area contributed by atoms with Gasteiger partial charge in [-0.2, -0.15) is 5.10 Å². The molecule has 1 aliphatic rings. The van der Waals surface area contributed by atoms with Crippen molar-refractivity contribution < 1.29 is 9.59 Å². The molecule has 0 radical (unpaired) electrons. The molecule has 0 aliphatic carbocycles. The van der Waals surface area contributed by atoms with Gasteiger partial charge in [0.1, 0.15) is 5.82 Å². The standard InChI is InChI=1S/C22H21ClN4O2/c1-15-2-8-19(9-3-15)26-14-17(12-21(26)28)22(29)25-20-10-11-24-27(20)13-16-4-6-18(23)7-5-16/h2-11,17H,12-14H2,1H3,(H,25,29)/t17-/m0/s1. The molecule has 0 saturated carbocycles. The van der Waals surface area contributed by atoms with Crippen LogP contribution in [0.3, 0.4) is 0 Å². The quantitative estimate of drug-likeness (QED) is 0.696. The number of aromatic nitrogens is 2. The summed E-state index contributed by atoms with van der Waals surface area (Å²) < 4.78 is 1.72. The van der Waals surface area contributed by atoms with Crippen LogP contribution < -0.4 is 10.2 Å². The molecule has 0 spiro atoms. The van der Waals surface area contributed by atoms with Gasteiger partial charge in [-0.1, -0.05) is 41.4 Å². The van der Waals surface area contributed by atoms with Gasteiger partial charge < -0.3 is 10.2 Å². The number of hydrogen-bond acceptors (Lipinski definition) is 3. The minimum absolute atomic E-state index is 0.0383. The second-order valence-electron chi connectivity index (χ2n) is 7.23. The van der Waals surface area contributed by atoms with Crippen LogP contribution in [0, 0.1) is 12.8 Å². The molecule has 7 heteroatoms. The molecule has 2 heterocycles. The van der Waals surface area contributed by atoms with E-state index in [1.807, 2.05) is 55.5 Å². The van der Waals surface area contributed by atoms with Gasteiger partial charge in [-0.15, -0.1) is 0 Å². The topological polar surface area (TPSA) is 67.2 Å². The summed E-state index contributed by atoms with van der Waals surface area (Å²) in [5.41, 5.74) is 2.97. The molecule has 1 fully saturated rings. The molecule has 148 valence electrons. The fraction of sp³-hybridized carbons (Fsp3) is 0.227. The van der Waals surface area contributed by atoms with Crippen molar-refractivity contribution in [3.8, 4) is 0 Å². The smallest absolute Gasteiger partial charge is 0.230 e. The van der Waals surface area contributed by atoms with Crippen molar-refractivity contribution in [2.45, 2.75) is 19.9 Å². The molecule has 2 amide bonds. The van der Waals surface area contributed by atoms with Crippen molar-refractivity contribution in [1.29, 1.82) is 0 Å². The van der Waals surface area contributed by atoms with E-state index in [1.54, 1.807) is 21.8 Å². The molecule has 6 nitrogen and oxygen atoms in total. The average molecular weight is 409 g/mol. The van der Waals surface area contributed by atoms with Gasteiger partial charge in [0, 0.05) is 29.7 Å². The Hall–Kier alpha value is -3.12. The van der Waals surface area contributed by atoms with E-state index in [2.05, 4.69) is 10.4 Å². The summed E-state index contributed by atoms with van der Waals surface area (Å²) in [5.74, 6) is -0.0108. The normalized spacial score (nSPS) is 16.3. The van der Waals surface area contributed by atoms with E-state index in [9.17, 15) is 9.59 Å². The summed E-state index contributed by atoms with van der Waals surface area (Å²) in [6.45, 7) is 2.89. The van der Waals surface area contributed by atoms with Gasteiger partial charge in [0.15, 0.2) is 0 Å². The van der Waals surface area contributed by atoms with E-state index >= 15 is 0 Å². The molecule has 1 atom stereocenters. The minimum Gasteiger partial charge on any atom is -0.312 e. The zero-order valence-corrected chi connectivity index (χ0v) is 16.8. The Labute approximate surface area is 174 Å². The summed E-state index contributed by atoms with van der Waals surface area (Å²) in [6.07, 6.45) is 1.84. The molecule has 1 aliphatic heterocycles. The number of amides is 2. The molecular formula is C22H21ClN4O2. The molecule has 0 unspecified atom stereocenters. The first-order chi connectivity index (χ1) is 14.0. The number of nitrogens with one attached hydrogen (secondary N) is 1. The monoisotopic (exact) mass is 408 g/mol. The van der Waals surface area contributed by atoms with Crippen LogP contribution >= 0.6 is 11.6 Å². The maximum atomic E-state index is 12.8. The van der Waals surface area contributed by atoms with E-state index < -0.39 is 5.92 Å². The lowest BCUT2D eigenvalue weighted by atomic mass is 10.1. The molecular weight excluding hydrogens is 388 g/mol. The van der Waals surface area contributed by atoms with Crippen molar-refractivity contribution in [3.05, 3.63) is 76.9 Å². The van der Waals surface area contributed by atoms with Crippen molar-refractivity contribution in [2.75, 3.05) is 16.8 Å². The molecule has 1 saturated heterocycles. The average Bonchev–Trinajstić information content (AvgIpc) is 3.31. The predicted molar refractivity (Wildman–Crippen MR) is 113 cm³/mol. The summed E-state index contributed by atoms with van der Waals surface area (Å²) in [4.78, 5) is 26.9. The van der Waals surface area contributed by atoms with E-state index in [0.717, 1.165) is 16.8 Å². The van der Waals surface area contributed by atoms with Crippen molar-refractivity contribution in [1.82, 2.24) is 9.78 Å². The molecule has 1 aromatic heterocycles. The summed E-state index contributed by atoms with van der Waals surface area (Å²) >= 11 is 5.93. The Morgan fingerprint density at radius 2 is 1.86 bits per heavy atom. The fourth-order valence-corrected chi connectivity index (χ4v) is 3.54. The van der Waals surface area contributed by atoms with Crippen LogP contribution in [0.2, 0.25) is 5.02 Å². The number of hydrogen-bond donors (Lipinski definition) is 1. The van der Waals surface area contributed by atoms with Crippen molar-refractivity contribution in [2.24, 2.45) is 5.92 Å². The van der Waals surface area contributed by atoms with Crippen LogP contribution in [-0.4, -0.2) is 28.1 Å². The summed E-state index contributed by atoms with van der Waals surface area (Å²) in [7, 11) is 0. The van der Waals surface area contributed by atoms with Crippen molar-refractivity contribution in [3.63, 3.8) is 0 Å². The second-order valence-corrected chi connectivity index (χ2v) is 7.67. The third kappa shape index (κ3) is 4.32. The first-order valence-electron chi connectivity index (χ1n) is 9.44. The highest BCUT2D eigenvalue weighted by Gasteiger charge is 2.35. The highest BCUT2D eigenvalue weighted by molar-refractivity contribution is 6.30. The van der Waals surface area contributed by atoms with Crippen LogP contribution in [0.1, 0.15) is 17.5 Å². The van der Waals surface area contributed by atoms with Gasteiger partial charge in [0.25, 0.3) is 0 Å². The van der Waals surface area contributed by atoms with Crippen LogP contribution in [0.15, 0.2) is 60.8 Å². The van der Waals surface area contributed by atoms with Crippen LogP contribution in [0.4, 0.5) is 11.5 Å². The largest absolute Gasteiger partial charge is 0.312 e. The van der Waals surface area contributed by atoms with Crippen LogP contribution in [-0.2, 0) is 16.1 Å². The Balaban J connectivity index is 1.42. The fourth-order valence-electron chi connectivity index (χ4n) is 3.41. The highest BCUT2D eigenvalue weighted by Crippen LogP contribution is 2.26. The predicted octanol–water partition coefficient (Wildman–Crippen LogP) is 3.88. The van der Waals surface area contributed by atoms with Gasteiger partial charge in [0.05, 0.1) is 18.7 Å². The number of carbonyl (C=O) groups excluding carboxylic acids is 2. The number of nitrogens with zero attached hydrogens (tertiary/aromatic N) is 3. The minimum atomic E-state index is -0.400. The summed E-state index contributed by atoms with van der Waals surface area (Å²) in [6, 6.07) is 17.0. The lowest BCUT2D eigenvalue weighted by Gasteiger charge is -2.17.